The molecule has 2 N–H and O–H groups in total. The molecule has 1 aliphatic heterocycles. The third kappa shape index (κ3) is 7.01. The van der Waals surface area contributed by atoms with Crippen LogP contribution in [0.1, 0.15) is 36.8 Å². The Morgan fingerprint density at radius 2 is 1.93 bits per heavy atom. The molecular formula is C21H31IN4O2. The summed E-state index contributed by atoms with van der Waals surface area (Å²) in [6.45, 7) is 8.06. The summed E-state index contributed by atoms with van der Waals surface area (Å²) in [7, 11) is 0. The van der Waals surface area contributed by atoms with E-state index in [0.29, 0.717) is 13.1 Å². The lowest BCUT2D eigenvalue weighted by Gasteiger charge is -2.32. The molecule has 1 fully saturated rings. The number of hydrogen-bond acceptors (Lipinski definition) is 4. The Hall–Kier alpha value is -1.74. The van der Waals surface area contributed by atoms with Gasteiger partial charge in [-0.2, -0.15) is 0 Å². The molecule has 28 heavy (non-hydrogen) atoms. The van der Waals surface area contributed by atoms with Gasteiger partial charge in [-0.1, -0.05) is 12.5 Å². The van der Waals surface area contributed by atoms with E-state index in [1.165, 1.54) is 19.3 Å². The third-order valence-corrected chi connectivity index (χ3v) is 4.78. The number of nitrogens with zero attached hydrogens (tertiary/aromatic N) is 2. The Bertz CT molecular complexity index is 679. The van der Waals surface area contributed by atoms with Gasteiger partial charge in [0.25, 0.3) is 0 Å². The van der Waals surface area contributed by atoms with Crippen molar-refractivity contribution in [1.82, 2.24) is 15.5 Å². The maximum atomic E-state index is 5.71. The smallest absolute Gasteiger partial charge is 0.191 e. The highest BCUT2D eigenvalue weighted by molar-refractivity contribution is 14.0. The Morgan fingerprint density at radius 3 is 2.61 bits per heavy atom. The molecule has 1 saturated heterocycles. The molecule has 2 aromatic heterocycles. The number of nitrogens with one attached hydrogen (secondary N) is 2. The van der Waals surface area contributed by atoms with Crippen LogP contribution in [0.4, 0.5) is 0 Å². The molecule has 3 rings (SSSR count). The topological polar surface area (TPSA) is 65.9 Å². The highest BCUT2D eigenvalue weighted by Gasteiger charge is 2.24. The van der Waals surface area contributed by atoms with E-state index in [4.69, 9.17) is 13.8 Å². The molecule has 0 spiro atoms. The summed E-state index contributed by atoms with van der Waals surface area (Å²) in [6.07, 6.45) is 9.88. The molecule has 0 bridgehead atoms. The predicted molar refractivity (Wildman–Crippen MR) is 123 cm³/mol. The summed E-state index contributed by atoms with van der Waals surface area (Å²) < 4.78 is 11.1. The van der Waals surface area contributed by atoms with Crippen molar-refractivity contribution in [2.24, 2.45) is 4.99 Å². The van der Waals surface area contributed by atoms with Crippen molar-refractivity contribution in [1.29, 1.82) is 0 Å². The van der Waals surface area contributed by atoms with Crippen molar-refractivity contribution in [3.8, 4) is 0 Å². The molecule has 1 atom stereocenters. The lowest BCUT2D eigenvalue weighted by molar-refractivity contribution is 0.150. The zero-order valence-electron chi connectivity index (χ0n) is 16.3. The second-order valence-corrected chi connectivity index (χ2v) is 6.74. The first-order chi connectivity index (χ1) is 13.4. The summed E-state index contributed by atoms with van der Waals surface area (Å²) in [4.78, 5) is 7.31. The van der Waals surface area contributed by atoms with Crippen LogP contribution in [-0.2, 0) is 6.42 Å². The van der Waals surface area contributed by atoms with Gasteiger partial charge in [-0.25, -0.2) is 0 Å². The number of furan rings is 2. The molecule has 1 unspecified atom stereocenters. The van der Waals surface area contributed by atoms with Gasteiger partial charge >= 0.3 is 0 Å². The molecule has 0 amide bonds. The summed E-state index contributed by atoms with van der Waals surface area (Å²) in [5.74, 6) is 2.74. The largest absolute Gasteiger partial charge is 0.469 e. The SMILES string of the molecule is C=CCNC(=NCC(c1ccco1)N1CCCCC1)NCCc1ccco1.I. The summed E-state index contributed by atoms with van der Waals surface area (Å²) >= 11 is 0. The number of hydrogen-bond donors (Lipinski definition) is 2. The van der Waals surface area contributed by atoms with Crippen molar-refractivity contribution in [3.63, 3.8) is 0 Å². The third-order valence-electron chi connectivity index (χ3n) is 4.78. The van der Waals surface area contributed by atoms with E-state index in [-0.39, 0.29) is 30.0 Å². The molecular weight excluding hydrogens is 467 g/mol. The van der Waals surface area contributed by atoms with Crippen LogP contribution in [-0.4, -0.2) is 43.6 Å². The minimum Gasteiger partial charge on any atom is -0.469 e. The lowest BCUT2D eigenvalue weighted by Crippen LogP contribution is -2.40. The summed E-state index contributed by atoms with van der Waals surface area (Å²) in [6, 6.07) is 8.07. The molecule has 0 radical (unpaired) electrons. The quantitative estimate of drug-likeness (QED) is 0.237. The van der Waals surface area contributed by atoms with Gasteiger partial charge in [0.05, 0.1) is 25.1 Å². The van der Waals surface area contributed by atoms with E-state index in [0.717, 1.165) is 43.5 Å². The fourth-order valence-corrected chi connectivity index (χ4v) is 3.38. The van der Waals surface area contributed by atoms with E-state index >= 15 is 0 Å². The monoisotopic (exact) mass is 498 g/mol. The van der Waals surface area contributed by atoms with Gasteiger partial charge in [0.2, 0.25) is 0 Å². The van der Waals surface area contributed by atoms with Crippen LogP contribution in [0, 0.1) is 0 Å². The average molecular weight is 498 g/mol. The fraction of sp³-hybridized carbons (Fsp3) is 0.476. The molecule has 0 aromatic carbocycles. The van der Waals surface area contributed by atoms with Gasteiger partial charge in [0, 0.05) is 19.5 Å². The number of likely N-dealkylation sites (tertiary alicyclic amines) is 1. The van der Waals surface area contributed by atoms with Gasteiger partial charge in [0.15, 0.2) is 5.96 Å². The first-order valence-corrected chi connectivity index (χ1v) is 9.79. The Kier molecular flexibility index (Phi) is 10.2. The molecule has 1 aliphatic rings. The van der Waals surface area contributed by atoms with Gasteiger partial charge in [-0.3, -0.25) is 9.89 Å². The number of piperidine rings is 1. The standard InChI is InChI=1S/C21H30N4O2.HI/c1-2-11-22-21(23-12-10-18-8-6-15-26-18)24-17-19(20-9-7-16-27-20)25-13-4-3-5-14-25;/h2,6-9,15-16,19H,1,3-5,10-14,17H2,(H2,22,23,24);1H. The van der Waals surface area contributed by atoms with Gasteiger partial charge in [-0.05, 0) is 50.2 Å². The second-order valence-electron chi connectivity index (χ2n) is 6.74. The second kappa shape index (κ2) is 12.7. The van der Waals surface area contributed by atoms with Crippen molar-refractivity contribution >= 4 is 29.9 Å². The first-order valence-electron chi connectivity index (χ1n) is 9.79. The molecule has 0 saturated carbocycles. The van der Waals surface area contributed by atoms with Crippen LogP contribution in [0.15, 0.2) is 63.3 Å². The predicted octanol–water partition coefficient (Wildman–Crippen LogP) is 3.98. The van der Waals surface area contributed by atoms with Gasteiger partial charge in [-0.15, -0.1) is 30.6 Å². The van der Waals surface area contributed by atoms with E-state index in [1.54, 1.807) is 12.5 Å². The average Bonchev–Trinajstić information content (AvgIpc) is 3.41. The van der Waals surface area contributed by atoms with Crippen LogP contribution in [0.2, 0.25) is 0 Å². The number of aliphatic imine (C=N–C) groups is 1. The Morgan fingerprint density at radius 1 is 1.14 bits per heavy atom. The van der Waals surface area contributed by atoms with Crippen LogP contribution in [0.25, 0.3) is 0 Å². The molecule has 3 heterocycles. The van der Waals surface area contributed by atoms with Crippen LogP contribution in [0.5, 0.6) is 0 Å². The highest BCUT2D eigenvalue weighted by atomic mass is 127. The van der Waals surface area contributed by atoms with Gasteiger partial charge in [0.1, 0.15) is 11.5 Å². The van der Waals surface area contributed by atoms with Crippen LogP contribution < -0.4 is 10.6 Å². The Balaban J connectivity index is 0.00000280. The minimum atomic E-state index is 0. The van der Waals surface area contributed by atoms with E-state index in [1.807, 2.05) is 24.3 Å². The van der Waals surface area contributed by atoms with E-state index in [2.05, 4.69) is 28.2 Å². The van der Waals surface area contributed by atoms with Crippen LogP contribution >= 0.6 is 24.0 Å². The van der Waals surface area contributed by atoms with E-state index in [9.17, 15) is 0 Å². The maximum absolute atomic E-state index is 5.71. The maximum Gasteiger partial charge on any atom is 0.191 e. The van der Waals surface area contributed by atoms with Gasteiger partial charge < -0.3 is 19.5 Å². The van der Waals surface area contributed by atoms with E-state index < -0.39 is 0 Å². The Labute approximate surface area is 184 Å². The highest BCUT2D eigenvalue weighted by Crippen LogP contribution is 2.25. The van der Waals surface area contributed by atoms with Crippen molar-refractivity contribution in [3.05, 3.63) is 61.0 Å². The van der Waals surface area contributed by atoms with Crippen LogP contribution in [0.3, 0.4) is 0 Å². The van der Waals surface area contributed by atoms with Crippen molar-refractivity contribution in [2.75, 3.05) is 32.7 Å². The normalized spacial score (nSPS) is 16.2. The number of guanidine groups is 1. The summed E-state index contributed by atoms with van der Waals surface area (Å²) in [5, 5.41) is 6.67. The zero-order valence-corrected chi connectivity index (χ0v) is 18.6. The number of rotatable bonds is 9. The number of halogens is 1. The molecule has 2 aromatic rings. The molecule has 7 heteroatoms. The van der Waals surface area contributed by atoms with Crippen molar-refractivity contribution in [2.45, 2.75) is 31.7 Å². The zero-order chi connectivity index (χ0) is 18.7. The molecule has 0 aliphatic carbocycles. The fourth-order valence-electron chi connectivity index (χ4n) is 3.38. The minimum absolute atomic E-state index is 0. The molecule has 6 nitrogen and oxygen atoms in total. The van der Waals surface area contributed by atoms with Crippen molar-refractivity contribution < 1.29 is 8.83 Å². The lowest BCUT2D eigenvalue weighted by atomic mass is 10.1. The first kappa shape index (κ1) is 22.5. The summed E-state index contributed by atoms with van der Waals surface area (Å²) in [5.41, 5.74) is 0. The molecule has 154 valence electrons.